The van der Waals surface area contributed by atoms with Crippen molar-refractivity contribution in [1.29, 1.82) is 0 Å². The van der Waals surface area contributed by atoms with Gasteiger partial charge in [-0.25, -0.2) is 9.37 Å². The molecule has 5 nitrogen and oxygen atoms in total. The number of anilines is 1. The van der Waals surface area contributed by atoms with Crippen molar-refractivity contribution < 1.29 is 18.6 Å². The highest BCUT2D eigenvalue weighted by molar-refractivity contribution is 7.14. The Kier molecular flexibility index (Phi) is 5.81. The third-order valence-corrected chi connectivity index (χ3v) is 4.94. The van der Waals surface area contributed by atoms with Gasteiger partial charge in [-0.05, 0) is 48.9 Å². The van der Waals surface area contributed by atoms with E-state index in [0.717, 1.165) is 22.0 Å². The van der Waals surface area contributed by atoms with Gasteiger partial charge in [-0.15, -0.1) is 11.3 Å². The van der Waals surface area contributed by atoms with Crippen LogP contribution in [0, 0.1) is 5.82 Å². The number of aromatic nitrogens is 1. The van der Waals surface area contributed by atoms with Crippen LogP contribution in [0.2, 0.25) is 0 Å². The van der Waals surface area contributed by atoms with Gasteiger partial charge in [-0.3, -0.25) is 0 Å². The molecule has 1 heterocycles. The third-order valence-electron chi connectivity index (χ3n) is 4.17. The van der Waals surface area contributed by atoms with Crippen LogP contribution in [0.1, 0.15) is 18.5 Å². The number of methoxy groups -OCH3 is 3. The van der Waals surface area contributed by atoms with Gasteiger partial charge < -0.3 is 19.5 Å². The lowest BCUT2D eigenvalue weighted by Gasteiger charge is -2.18. The summed E-state index contributed by atoms with van der Waals surface area (Å²) in [7, 11) is 4.76. The first-order chi connectivity index (χ1) is 13.0. The van der Waals surface area contributed by atoms with Crippen molar-refractivity contribution >= 4 is 16.5 Å². The van der Waals surface area contributed by atoms with E-state index in [1.807, 2.05) is 24.4 Å². The Morgan fingerprint density at radius 3 is 2.19 bits per heavy atom. The topological polar surface area (TPSA) is 52.6 Å². The minimum atomic E-state index is -0.261. The second kappa shape index (κ2) is 8.26. The Morgan fingerprint density at radius 2 is 1.63 bits per heavy atom. The highest BCUT2D eigenvalue weighted by Gasteiger charge is 2.17. The van der Waals surface area contributed by atoms with E-state index in [4.69, 9.17) is 14.2 Å². The van der Waals surface area contributed by atoms with Crippen molar-refractivity contribution in [2.24, 2.45) is 0 Å². The molecule has 0 spiro atoms. The Balaban J connectivity index is 1.81. The van der Waals surface area contributed by atoms with E-state index < -0.39 is 0 Å². The molecule has 27 heavy (non-hydrogen) atoms. The summed E-state index contributed by atoms with van der Waals surface area (Å²) in [5.74, 6) is 1.51. The number of hydrogen-bond acceptors (Lipinski definition) is 6. The molecular formula is C20H21FN2O3S. The molecule has 3 aromatic rings. The van der Waals surface area contributed by atoms with E-state index >= 15 is 0 Å². The normalized spacial score (nSPS) is 11.7. The van der Waals surface area contributed by atoms with Gasteiger partial charge in [-0.2, -0.15) is 0 Å². The first-order valence-corrected chi connectivity index (χ1v) is 9.21. The maximum Gasteiger partial charge on any atom is 0.203 e. The summed E-state index contributed by atoms with van der Waals surface area (Å²) < 4.78 is 29.3. The van der Waals surface area contributed by atoms with E-state index in [0.29, 0.717) is 17.2 Å². The van der Waals surface area contributed by atoms with Crippen LogP contribution in [-0.2, 0) is 0 Å². The van der Waals surface area contributed by atoms with Crippen LogP contribution in [0.15, 0.2) is 41.8 Å². The molecule has 0 aliphatic heterocycles. The average Bonchev–Trinajstić information content (AvgIpc) is 3.15. The smallest absolute Gasteiger partial charge is 0.203 e. The third kappa shape index (κ3) is 4.14. The predicted octanol–water partition coefficient (Wildman–Crippen LogP) is 5.15. The lowest BCUT2D eigenvalue weighted by atomic mass is 10.1. The van der Waals surface area contributed by atoms with Crippen molar-refractivity contribution in [2.45, 2.75) is 13.0 Å². The fourth-order valence-corrected chi connectivity index (χ4v) is 3.52. The van der Waals surface area contributed by atoms with Gasteiger partial charge in [0, 0.05) is 10.9 Å². The van der Waals surface area contributed by atoms with Gasteiger partial charge in [0.1, 0.15) is 5.82 Å². The Bertz CT molecular complexity index is 887. The van der Waals surface area contributed by atoms with Crippen LogP contribution < -0.4 is 19.5 Å². The molecule has 1 unspecified atom stereocenters. The molecule has 0 fully saturated rings. The molecule has 0 aliphatic rings. The molecule has 1 atom stereocenters. The van der Waals surface area contributed by atoms with Crippen molar-refractivity contribution in [3.63, 3.8) is 0 Å². The summed E-state index contributed by atoms with van der Waals surface area (Å²) in [6.07, 6.45) is 0. The Morgan fingerprint density at radius 1 is 1.00 bits per heavy atom. The molecule has 0 radical (unpaired) electrons. The first kappa shape index (κ1) is 19.0. The maximum atomic E-state index is 13.1. The van der Waals surface area contributed by atoms with Crippen molar-refractivity contribution in [3.05, 3.63) is 53.2 Å². The first-order valence-electron chi connectivity index (χ1n) is 8.33. The van der Waals surface area contributed by atoms with Gasteiger partial charge >= 0.3 is 0 Å². The number of ether oxygens (including phenoxy) is 3. The summed E-state index contributed by atoms with van der Waals surface area (Å²) in [4.78, 5) is 4.59. The fraction of sp³-hybridized carbons (Fsp3) is 0.250. The molecule has 0 saturated carbocycles. The predicted molar refractivity (Wildman–Crippen MR) is 106 cm³/mol. The van der Waals surface area contributed by atoms with Crippen molar-refractivity contribution in [1.82, 2.24) is 4.98 Å². The Labute approximate surface area is 161 Å². The second-order valence-electron chi connectivity index (χ2n) is 5.87. The summed E-state index contributed by atoms with van der Waals surface area (Å²) in [6, 6.07) is 10.1. The largest absolute Gasteiger partial charge is 0.493 e. The van der Waals surface area contributed by atoms with Gasteiger partial charge in [-0.1, -0.05) is 0 Å². The van der Waals surface area contributed by atoms with E-state index in [1.165, 1.54) is 23.5 Å². The van der Waals surface area contributed by atoms with Crippen molar-refractivity contribution in [2.75, 3.05) is 26.6 Å². The molecule has 142 valence electrons. The van der Waals surface area contributed by atoms with E-state index in [1.54, 1.807) is 33.5 Å². The summed E-state index contributed by atoms with van der Waals surface area (Å²) in [5.41, 5.74) is 2.66. The quantitative estimate of drug-likeness (QED) is 0.607. The van der Waals surface area contributed by atoms with Gasteiger partial charge in [0.25, 0.3) is 0 Å². The molecule has 2 aromatic carbocycles. The van der Waals surface area contributed by atoms with E-state index in [9.17, 15) is 4.39 Å². The highest BCUT2D eigenvalue weighted by Crippen LogP contribution is 2.40. The van der Waals surface area contributed by atoms with Gasteiger partial charge in [0.05, 0.1) is 33.1 Å². The number of rotatable bonds is 7. The molecule has 3 rings (SSSR count). The standard InChI is InChI=1S/C20H21FN2O3S/c1-12(14-9-17(24-2)19(26-4)18(10-14)25-3)22-20-23-16(11-27-20)13-5-7-15(21)8-6-13/h5-12H,1-4H3,(H,22,23). The van der Waals surface area contributed by atoms with Crippen LogP contribution in [0.25, 0.3) is 11.3 Å². The number of nitrogens with one attached hydrogen (secondary N) is 1. The van der Waals surface area contributed by atoms with Crippen LogP contribution in [-0.4, -0.2) is 26.3 Å². The molecule has 0 aliphatic carbocycles. The number of thiazole rings is 1. The van der Waals surface area contributed by atoms with Crippen LogP contribution >= 0.6 is 11.3 Å². The zero-order valence-corrected chi connectivity index (χ0v) is 16.4. The molecular weight excluding hydrogens is 367 g/mol. The number of hydrogen-bond donors (Lipinski definition) is 1. The van der Waals surface area contributed by atoms with Gasteiger partial charge in [0.2, 0.25) is 5.75 Å². The molecule has 1 N–H and O–H groups in total. The molecule has 0 amide bonds. The molecule has 0 bridgehead atoms. The highest BCUT2D eigenvalue weighted by atomic mass is 32.1. The minimum absolute atomic E-state index is 0.0362. The molecule has 1 aromatic heterocycles. The minimum Gasteiger partial charge on any atom is -0.493 e. The zero-order valence-electron chi connectivity index (χ0n) is 15.6. The maximum absolute atomic E-state index is 13.1. The SMILES string of the molecule is COc1cc(C(C)Nc2nc(-c3ccc(F)cc3)cs2)cc(OC)c1OC. The average molecular weight is 388 g/mol. The lowest BCUT2D eigenvalue weighted by Crippen LogP contribution is -2.07. The van der Waals surface area contributed by atoms with Crippen LogP contribution in [0.5, 0.6) is 17.2 Å². The fourth-order valence-electron chi connectivity index (χ4n) is 2.71. The summed E-state index contributed by atoms with van der Waals surface area (Å²) >= 11 is 1.50. The summed E-state index contributed by atoms with van der Waals surface area (Å²) in [6.45, 7) is 2.03. The summed E-state index contributed by atoms with van der Waals surface area (Å²) in [5, 5.41) is 6.10. The van der Waals surface area contributed by atoms with Gasteiger partial charge in [0.15, 0.2) is 16.6 Å². The van der Waals surface area contributed by atoms with Crippen LogP contribution in [0.3, 0.4) is 0 Å². The number of halogens is 1. The van der Waals surface area contributed by atoms with Crippen molar-refractivity contribution in [3.8, 4) is 28.5 Å². The number of benzene rings is 2. The van der Waals surface area contributed by atoms with E-state index in [-0.39, 0.29) is 11.9 Å². The zero-order chi connectivity index (χ0) is 19.4. The van der Waals surface area contributed by atoms with E-state index in [2.05, 4.69) is 10.3 Å². The second-order valence-corrected chi connectivity index (χ2v) is 6.73. The number of nitrogens with zero attached hydrogens (tertiary/aromatic N) is 1. The monoisotopic (exact) mass is 388 g/mol. The van der Waals surface area contributed by atoms with Crippen LogP contribution in [0.4, 0.5) is 9.52 Å². The molecule has 0 saturated heterocycles. The lowest BCUT2D eigenvalue weighted by molar-refractivity contribution is 0.323. The molecule has 7 heteroatoms. The Hall–Kier alpha value is -2.80.